The van der Waals surface area contributed by atoms with E-state index in [9.17, 15) is 4.79 Å². The van der Waals surface area contributed by atoms with Crippen molar-refractivity contribution in [2.24, 2.45) is 0 Å². The summed E-state index contributed by atoms with van der Waals surface area (Å²) in [5.41, 5.74) is 1.12. The van der Waals surface area contributed by atoms with Gasteiger partial charge in [-0.2, -0.15) is 5.10 Å². The maximum atomic E-state index is 11.7. The third kappa shape index (κ3) is 2.28. The van der Waals surface area contributed by atoms with Gasteiger partial charge in [0.25, 0.3) is 0 Å². The van der Waals surface area contributed by atoms with Crippen molar-refractivity contribution in [3.8, 4) is 0 Å². The molecular weight excluding hydrogens is 188 g/mol. The van der Waals surface area contributed by atoms with Gasteiger partial charge in [0, 0.05) is 30.6 Å². The quantitative estimate of drug-likeness (QED) is 0.761. The molecule has 1 aromatic heterocycles. The van der Waals surface area contributed by atoms with Crippen molar-refractivity contribution in [2.45, 2.75) is 51.5 Å². The molecule has 1 aromatic rings. The molecule has 3 heteroatoms. The molecule has 1 fully saturated rings. The Morgan fingerprint density at radius 1 is 1.53 bits per heavy atom. The number of rotatable bonds is 3. The van der Waals surface area contributed by atoms with E-state index in [1.807, 2.05) is 17.1 Å². The van der Waals surface area contributed by atoms with Crippen LogP contribution in [0, 0.1) is 0 Å². The van der Waals surface area contributed by atoms with Crippen molar-refractivity contribution in [1.29, 1.82) is 0 Å². The summed E-state index contributed by atoms with van der Waals surface area (Å²) in [5.74, 6) is 0.529. The number of nitrogens with zero attached hydrogens (tertiary/aromatic N) is 2. The second-order valence-corrected chi connectivity index (χ2v) is 4.30. The monoisotopic (exact) mass is 206 g/mol. The van der Waals surface area contributed by atoms with E-state index in [0.717, 1.165) is 37.8 Å². The van der Waals surface area contributed by atoms with Gasteiger partial charge in [-0.15, -0.1) is 0 Å². The highest BCUT2D eigenvalue weighted by molar-refractivity contribution is 5.86. The van der Waals surface area contributed by atoms with Gasteiger partial charge in [-0.25, -0.2) is 0 Å². The molecule has 0 aromatic carbocycles. The van der Waals surface area contributed by atoms with Crippen molar-refractivity contribution in [3.63, 3.8) is 0 Å². The highest BCUT2D eigenvalue weighted by atomic mass is 16.1. The molecule has 1 saturated carbocycles. The van der Waals surface area contributed by atoms with Crippen LogP contribution in [0.15, 0.2) is 12.4 Å². The molecular formula is C12H18N2O. The molecule has 1 heterocycles. The van der Waals surface area contributed by atoms with Crippen LogP contribution >= 0.6 is 0 Å². The van der Waals surface area contributed by atoms with Crippen LogP contribution in [0.3, 0.4) is 0 Å². The first-order valence-corrected chi connectivity index (χ1v) is 5.86. The Morgan fingerprint density at radius 3 is 3.13 bits per heavy atom. The van der Waals surface area contributed by atoms with Crippen LogP contribution in [0.1, 0.15) is 50.5 Å². The smallest absolute Gasteiger partial charge is 0.140 e. The van der Waals surface area contributed by atoms with Gasteiger partial charge < -0.3 is 0 Å². The lowest BCUT2D eigenvalue weighted by atomic mass is 9.84. The Balaban J connectivity index is 2.10. The first-order valence-electron chi connectivity index (χ1n) is 5.86. The zero-order valence-electron chi connectivity index (χ0n) is 9.28. The molecule has 0 amide bonds. The van der Waals surface area contributed by atoms with Crippen molar-refractivity contribution < 1.29 is 4.79 Å². The van der Waals surface area contributed by atoms with Gasteiger partial charge >= 0.3 is 0 Å². The van der Waals surface area contributed by atoms with Gasteiger partial charge in [-0.3, -0.25) is 9.48 Å². The summed E-state index contributed by atoms with van der Waals surface area (Å²) in [6, 6.07) is 0. The van der Waals surface area contributed by atoms with E-state index >= 15 is 0 Å². The Bertz CT molecular complexity index is 343. The van der Waals surface area contributed by atoms with Crippen molar-refractivity contribution in [1.82, 2.24) is 9.78 Å². The zero-order valence-corrected chi connectivity index (χ0v) is 9.28. The van der Waals surface area contributed by atoms with Crippen LogP contribution in [0.2, 0.25) is 0 Å². The number of carbonyl (C=O) groups is 1. The van der Waals surface area contributed by atoms with Gasteiger partial charge in [0.2, 0.25) is 0 Å². The lowest BCUT2D eigenvalue weighted by Crippen LogP contribution is -2.16. The van der Waals surface area contributed by atoms with Gasteiger partial charge in [0.15, 0.2) is 0 Å². The van der Waals surface area contributed by atoms with E-state index in [2.05, 4.69) is 12.0 Å². The minimum absolute atomic E-state index is 0.129. The minimum Gasteiger partial charge on any atom is -0.299 e. The minimum atomic E-state index is 0.129. The highest BCUT2D eigenvalue weighted by Gasteiger charge is 2.24. The third-order valence-corrected chi connectivity index (χ3v) is 3.06. The Hall–Kier alpha value is -1.12. The van der Waals surface area contributed by atoms with E-state index in [1.54, 1.807) is 0 Å². The summed E-state index contributed by atoms with van der Waals surface area (Å²) in [4.78, 5) is 11.7. The molecule has 15 heavy (non-hydrogen) atoms. The van der Waals surface area contributed by atoms with Crippen LogP contribution in [0.4, 0.5) is 0 Å². The second-order valence-electron chi connectivity index (χ2n) is 4.30. The van der Waals surface area contributed by atoms with Crippen molar-refractivity contribution in [2.75, 3.05) is 0 Å². The first-order chi connectivity index (χ1) is 7.31. The maximum absolute atomic E-state index is 11.7. The summed E-state index contributed by atoms with van der Waals surface area (Å²) >= 11 is 0. The lowest BCUT2D eigenvalue weighted by Gasteiger charge is -2.18. The summed E-state index contributed by atoms with van der Waals surface area (Å²) in [5, 5.41) is 4.28. The van der Waals surface area contributed by atoms with E-state index in [4.69, 9.17) is 0 Å². The van der Waals surface area contributed by atoms with Gasteiger partial charge in [0.1, 0.15) is 5.78 Å². The van der Waals surface area contributed by atoms with Crippen molar-refractivity contribution in [3.05, 3.63) is 18.0 Å². The third-order valence-electron chi connectivity index (χ3n) is 3.06. The number of ketones is 1. The number of carbonyl (C=O) groups excluding carboxylic acids is 1. The normalized spacial score (nSPS) is 21.9. The summed E-state index contributed by atoms with van der Waals surface area (Å²) in [6.07, 6.45) is 8.99. The van der Waals surface area contributed by atoms with Crippen LogP contribution in [-0.4, -0.2) is 15.6 Å². The fourth-order valence-corrected chi connectivity index (χ4v) is 2.25. The molecule has 1 atom stereocenters. The molecule has 0 aliphatic heterocycles. The molecule has 1 unspecified atom stereocenters. The standard InChI is InChI=1S/C12H18N2O/c1-2-7-14-9-10(8-13-14)11-5-3-4-6-12(11)15/h8-9,11H,2-7H2,1H3. The molecule has 0 spiro atoms. The van der Waals surface area contributed by atoms with E-state index < -0.39 is 0 Å². The molecule has 3 nitrogen and oxygen atoms in total. The molecule has 0 radical (unpaired) electrons. The molecule has 82 valence electrons. The molecule has 0 N–H and O–H groups in total. The number of aromatic nitrogens is 2. The number of hydrogen-bond donors (Lipinski definition) is 0. The van der Waals surface area contributed by atoms with Crippen molar-refractivity contribution >= 4 is 5.78 Å². The molecule has 1 aliphatic rings. The van der Waals surface area contributed by atoms with E-state index in [0.29, 0.717) is 5.78 Å². The molecule has 0 bridgehead atoms. The Labute approximate surface area is 90.5 Å². The predicted octanol–water partition coefficient (Wildman–Crippen LogP) is 2.52. The summed E-state index contributed by atoms with van der Waals surface area (Å²) < 4.78 is 1.94. The van der Waals surface area contributed by atoms with Crippen LogP contribution in [-0.2, 0) is 11.3 Å². The SMILES string of the molecule is CCCn1cc(C2CCCCC2=O)cn1. The maximum Gasteiger partial charge on any atom is 0.140 e. The molecule has 1 aliphatic carbocycles. The second kappa shape index (κ2) is 4.60. The highest BCUT2D eigenvalue weighted by Crippen LogP contribution is 2.29. The van der Waals surface area contributed by atoms with Crippen LogP contribution in [0.25, 0.3) is 0 Å². The van der Waals surface area contributed by atoms with E-state index in [1.165, 1.54) is 6.42 Å². The van der Waals surface area contributed by atoms with Crippen LogP contribution < -0.4 is 0 Å². The largest absolute Gasteiger partial charge is 0.299 e. The van der Waals surface area contributed by atoms with E-state index in [-0.39, 0.29) is 5.92 Å². The fraction of sp³-hybridized carbons (Fsp3) is 0.667. The average molecular weight is 206 g/mol. The first kappa shape index (κ1) is 10.4. The Morgan fingerprint density at radius 2 is 2.40 bits per heavy atom. The lowest BCUT2D eigenvalue weighted by molar-refractivity contribution is -0.121. The zero-order chi connectivity index (χ0) is 10.7. The predicted molar refractivity (Wildman–Crippen MR) is 58.7 cm³/mol. The number of hydrogen-bond acceptors (Lipinski definition) is 2. The fourth-order valence-electron chi connectivity index (χ4n) is 2.25. The molecule has 2 rings (SSSR count). The topological polar surface area (TPSA) is 34.9 Å². The summed E-state index contributed by atoms with van der Waals surface area (Å²) in [7, 11) is 0. The summed E-state index contributed by atoms with van der Waals surface area (Å²) in [6.45, 7) is 3.08. The number of Topliss-reactive ketones (excluding diaryl/α,β-unsaturated/α-hetero) is 1. The molecule has 0 saturated heterocycles. The van der Waals surface area contributed by atoms with Gasteiger partial charge in [-0.05, 0) is 19.3 Å². The average Bonchev–Trinajstić information content (AvgIpc) is 2.68. The number of aryl methyl sites for hydroxylation is 1. The van der Waals surface area contributed by atoms with Crippen LogP contribution in [0.5, 0.6) is 0 Å². The Kier molecular flexibility index (Phi) is 3.19. The van der Waals surface area contributed by atoms with Gasteiger partial charge in [-0.1, -0.05) is 13.3 Å². The van der Waals surface area contributed by atoms with Gasteiger partial charge in [0.05, 0.1) is 6.20 Å².